The van der Waals surface area contributed by atoms with Crippen LogP contribution in [0.15, 0.2) is 66.7 Å². The number of benzene rings is 3. The first-order valence-corrected chi connectivity index (χ1v) is 11.7. The second kappa shape index (κ2) is 12.0. The first-order chi connectivity index (χ1) is 16.4. The van der Waals surface area contributed by atoms with Crippen molar-refractivity contribution in [3.8, 4) is 11.5 Å². The van der Waals surface area contributed by atoms with Gasteiger partial charge in [-0.2, -0.15) is 0 Å². The molecule has 3 aromatic rings. The minimum absolute atomic E-state index is 0.0479. The summed E-state index contributed by atoms with van der Waals surface area (Å²) in [7, 11) is 0. The molecule has 0 fully saturated rings. The molecule has 0 heterocycles. The Bertz CT molecular complexity index is 1120. The molecule has 0 aromatic heterocycles. The minimum atomic E-state index is -0.800. The zero-order valence-corrected chi connectivity index (χ0v) is 20.0. The molecule has 5 nitrogen and oxygen atoms in total. The highest BCUT2D eigenvalue weighted by Crippen LogP contribution is 2.25. The Morgan fingerprint density at radius 2 is 1.68 bits per heavy atom. The van der Waals surface area contributed by atoms with Gasteiger partial charge in [0.15, 0.2) is 5.78 Å². The van der Waals surface area contributed by atoms with E-state index in [9.17, 15) is 9.59 Å². The fourth-order valence-electron chi connectivity index (χ4n) is 3.64. The Labute approximate surface area is 201 Å². The number of hydrogen-bond donors (Lipinski definition) is 1. The van der Waals surface area contributed by atoms with Gasteiger partial charge in [0.05, 0.1) is 18.8 Å². The van der Waals surface area contributed by atoms with Crippen molar-refractivity contribution in [3.63, 3.8) is 0 Å². The predicted molar refractivity (Wildman–Crippen MR) is 133 cm³/mol. The lowest BCUT2D eigenvalue weighted by molar-refractivity contribution is -0.136. The van der Waals surface area contributed by atoms with Gasteiger partial charge >= 0.3 is 5.97 Å². The van der Waals surface area contributed by atoms with Crippen LogP contribution in [0.1, 0.15) is 52.9 Å². The smallest absolute Gasteiger partial charge is 0.303 e. The summed E-state index contributed by atoms with van der Waals surface area (Å²) in [5.41, 5.74) is 4.33. The number of carboxylic acid groups (broad SMARTS) is 1. The van der Waals surface area contributed by atoms with Gasteiger partial charge in [-0.1, -0.05) is 56.3 Å². The summed E-state index contributed by atoms with van der Waals surface area (Å²) in [5.74, 6) is 0.574. The SMILES string of the molecule is CCc1ccc(OCC(C)COc2ccc(CCC(=O)O)c(C)c2)c(C(=O)c2ccccc2)c1. The zero-order valence-electron chi connectivity index (χ0n) is 20.0. The third kappa shape index (κ3) is 6.95. The van der Waals surface area contributed by atoms with E-state index in [2.05, 4.69) is 6.92 Å². The first-order valence-electron chi connectivity index (χ1n) is 11.7. The number of carboxylic acids is 1. The van der Waals surface area contributed by atoms with Gasteiger partial charge in [-0.25, -0.2) is 0 Å². The van der Waals surface area contributed by atoms with Crippen molar-refractivity contribution >= 4 is 11.8 Å². The van der Waals surface area contributed by atoms with Gasteiger partial charge in [-0.3, -0.25) is 9.59 Å². The molecule has 0 aliphatic rings. The first kappa shape index (κ1) is 25.0. The second-order valence-corrected chi connectivity index (χ2v) is 8.59. The van der Waals surface area contributed by atoms with Crippen LogP contribution < -0.4 is 9.47 Å². The molecule has 0 amide bonds. The average molecular weight is 461 g/mol. The molecular formula is C29H32O5. The standard InChI is InChI=1S/C29H32O5/c1-4-22-10-14-27(26(17-22)29(32)24-8-6-5-7-9-24)34-19-20(2)18-33-25-13-11-23(21(3)16-25)12-15-28(30)31/h5-11,13-14,16-17,20H,4,12,15,18-19H2,1-3H3,(H,30,31). The molecule has 0 spiro atoms. The van der Waals surface area contributed by atoms with Crippen molar-refractivity contribution in [2.24, 2.45) is 5.92 Å². The van der Waals surface area contributed by atoms with Gasteiger partial charge in [0.25, 0.3) is 0 Å². The molecule has 0 aliphatic carbocycles. The second-order valence-electron chi connectivity index (χ2n) is 8.59. The Morgan fingerprint density at radius 1 is 0.941 bits per heavy atom. The number of hydrogen-bond acceptors (Lipinski definition) is 4. The summed E-state index contributed by atoms with van der Waals surface area (Å²) in [5, 5.41) is 8.87. The van der Waals surface area contributed by atoms with Crippen LogP contribution in [0.3, 0.4) is 0 Å². The highest BCUT2D eigenvalue weighted by Gasteiger charge is 2.16. The molecule has 0 aliphatic heterocycles. The largest absolute Gasteiger partial charge is 0.493 e. The van der Waals surface area contributed by atoms with E-state index in [4.69, 9.17) is 14.6 Å². The lowest BCUT2D eigenvalue weighted by Crippen LogP contribution is -2.18. The lowest BCUT2D eigenvalue weighted by atomic mass is 9.99. The summed E-state index contributed by atoms with van der Waals surface area (Å²) in [6.45, 7) is 6.93. The van der Waals surface area contributed by atoms with Crippen molar-refractivity contribution in [1.82, 2.24) is 0 Å². The molecule has 178 valence electrons. The molecule has 5 heteroatoms. The molecule has 1 atom stereocenters. The number of ketones is 1. The molecule has 1 unspecified atom stereocenters. The molecule has 1 N–H and O–H groups in total. The summed E-state index contributed by atoms with van der Waals surface area (Å²) in [6, 6.07) is 20.8. The lowest BCUT2D eigenvalue weighted by Gasteiger charge is -2.17. The van der Waals surface area contributed by atoms with E-state index in [1.807, 2.05) is 80.6 Å². The summed E-state index contributed by atoms with van der Waals surface area (Å²) in [4.78, 5) is 23.9. The monoisotopic (exact) mass is 460 g/mol. The van der Waals surface area contributed by atoms with Crippen LogP contribution in [0.25, 0.3) is 0 Å². The summed E-state index contributed by atoms with van der Waals surface area (Å²) < 4.78 is 12.0. The van der Waals surface area contributed by atoms with Gasteiger partial charge in [-0.15, -0.1) is 0 Å². The van der Waals surface area contributed by atoms with Crippen LogP contribution in [0.2, 0.25) is 0 Å². The predicted octanol–water partition coefficient (Wildman–Crippen LogP) is 5.90. The molecule has 0 bridgehead atoms. The molecule has 3 aromatic carbocycles. The summed E-state index contributed by atoms with van der Waals surface area (Å²) >= 11 is 0. The van der Waals surface area contributed by atoms with E-state index in [-0.39, 0.29) is 18.1 Å². The van der Waals surface area contributed by atoms with Gasteiger partial charge in [0.2, 0.25) is 0 Å². The van der Waals surface area contributed by atoms with Gasteiger partial charge in [0.1, 0.15) is 11.5 Å². The number of aryl methyl sites for hydroxylation is 3. The van der Waals surface area contributed by atoms with E-state index >= 15 is 0 Å². The molecule has 3 rings (SSSR count). The van der Waals surface area contributed by atoms with Crippen LogP contribution in [-0.4, -0.2) is 30.1 Å². The number of aliphatic carboxylic acids is 1. The van der Waals surface area contributed by atoms with Crippen molar-refractivity contribution in [1.29, 1.82) is 0 Å². The maximum absolute atomic E-state index is 13.1. The summed E-state index contributed by atoms with van der Waals surface area (Å²) in [6.07, 6.45) is 1.46. The fourth-order valence-corrected chi connectivity index (χ4v) is 3.64. The van der Waals surface area contributed by atoms with Crippen LogP contribution in [0, 0.1) is 12.8 Å². The van der Waals surface area contributed by atoms with E-state index in [1.54, 1.807) is 0 Å². The Kier molecular flexibility index (Phi) is 8.86. The van der Waals surface area contributed by atoms with Crippen molar-refractivity contribution in [3.05, 3.63) is 94.5 Å². The number of carbonyl (C=O) groups is 2. The van der Waals surface area contributed by atoms with Crippen LogP contribution >= 0.6 is 0 Å². The average Bonchev–Trinajstić information content (AvgIpc) is 2.85. The fraction of sp³-hybridized carbons (Fsp3) is 0.310. The topological polar surface area (TPSA) is 72.8 Å². The maximum atomic E-state index is 13.1. The maximum Gasteiger partial charge on any atom is 0.303 e. The van der Waals surface area contributed by atoms with E-state index in [0.29, 0.717) is 36.5 Å². The van der Waals surface area contributed by atoms with Gasteiger partial charge in [0, 0.05) is 17.9 Å². The number of rotatable bonds is 12. The van der Waals surface area contributed by atoms with Crippen LogP contribution in [-0.2, 0) is 17.6 Å². The minimum Gasteiger partial charge on any atom is -0.493 e. The van der Waals surface area contributed by atoms with Crippen LogP contribution in [0.4, 0.5) is 0 Å². The highest BCUT2D eigenvalue weighted by atomic mass is 16.5. The van der Waals surface area contributed by atoms with Gasteiger partial charge in [-0.05, 0) is 60.7 Å². The third-order valence-corrected chi connectivity index (χ3v) is 5.71. The molecule has 0 saturated heterocycles. The van der Waals surface area contributed by atoms with Crippen molar-refractivity contribution in [2.75, 3.05) is 13.2 Å². The molecular weight excluding hydrogens is 428 g/mol. The van der Waals surface area contributed by atoms with E-state index in [0.717, 1.165) is 28.9 Å². The highest BCUT2D eigenvalue weighted by molar-refractivity contribution is 6.10. The van der Waals surface area contributed by atoms with Crippen LogP contribution in [0.5, 0.6) is 11.5 Å². The van der Waals surface area contributed by atoms with Crippen molar-refractivity contribution < 1.29 is 24.2 Å². The van der Waals surface area contributed by atoms with E-state index in [1.165, 1.54) is 0 Å². The van der Waals surface area contributed by atoms with Gasteiger partial charge < -0.3 is 14.6 Å². The Hall–Kier alpha value is -3.60. The zero-order chi connectivity index (χ0) is 24.5. The Morgan fingerprint density at radius 3 is 2.35 bits per heavy atom. The normalized spacial score (nSPS) is 11.6. The third-order valence-electron chi connectivity index (χ3n) is 5.71. The van der Waals surface area contributed by atoms with Crippen molar-refractivity contribution in [2.45, 2.75) is 40.0 Å². The Balaban J connectivity index is 1.60. The quantitative estimate of drug-likeness (QED) is 0.341. The number of carbonyl (C=O) groups excluding carboxylic acids is 1. The molecule has 34 heavy (non-hydrogen) atoms. The number of ether oxygens (including phenoxy) is 2. The van der Waals surface area contributed by atoms with E-state index < -0.39 is 5.97 Å². The molecule has 0 radical (unpaired) electrons. The molecule has 0 saturated carbocycles.